The summed E-state index contributed by atoms with van der Waals surface area (Å²) in [4.78, 5) is 16.6. The van der Waals surface area contributed by atoms with Crippen LogP contribution in [0.25, 0.3) is 10.9 Å². The smallest absolute Gasteiger partial charge is 0.269 e. The van der Waals surface area contributed by atoms with Gasteiger partial charge in [0.1, 0.15) is 11.4 Å². The summed E-state index contributed by atoms with van der Waals surface area (Å²) in [5.41, 5.74) is 2.39. The highest BCUT2D eigenvalue weighted by Crippen LogP contribution is 2.13. The third-order valence-electron chi connectivity index (χ3n) is 3.66. The van der Waals surface area contributed by atoms with E-state index in [1.54, 1.807) is 13.2 Å². The maximum absolute atomic E-state index is 12.2. The lowest BCUT2D eigenvalue weighted by molar-refractivity contribution is 0.0949. The lowest BCUT2D eigenvalue weighted by atomic mass is 10.1. The Hall–Kier alpha value is -2.88. The summed E-state index contributed by atoms with van der Waals surface area (Å²) in [6.45, 7) is 0.556. The molecule has 1 aromatic heterocycles. The second-order valence-electron chi connectivity index (χ2n) is 5.25. The van der Waals surface area contributed by atoms with Crippen LogP contribution in [-0.2, 0) is 6.42 Å². The number of carbonyl (C=O) groups excluding carboxylic acids is 1. The Morgan fingerprint density at radius 3 is 2.83 bits per heavy atom. The number of nitrogens with one attached hydrogen (secondary N) is 1. The number of hydrogen-bond donors (Lipinski definition) is 1. The summed E-state index contributed by atoms with van der Waals surface area (Å²) in [6, 6.07) is 19.3. The molecular weight excluding hydrogens is 288 g/mol. The maximum Gasteiger partial charge on any atom is 0.269 e. The van der Waals surface area contributed by atoms with E-state index in [4.69, 9.17) is 4.74 Å². The van der Waals surface area contributed by atoms with Crippen molar-refractivity contribution >= 4 is 16.8 Å². The number of nitrogens with zero attached hydrogens (tertiary/aromatic N) is 1. The van der Waals surface area contributed by atoms with Gasteiger partial charge in [-0.25, -0.2) is 4.98 Å². The first-order valence-corrected chi connectivity index (χ1v) is 7.53. The average molecular weight is 306 g/mol. The molecule has 1 N–H and O–H groups in total. The van der Waals surface area contributed by atoms with Crippen LogP contribution in [0.4, 0.5) is 0 Å². The van der Waals surface area contributed by atoms with Crippen LogP contribution < -0.4 is 10.1 Å². The molecule has 0 radical (unpaired) electrons. The zero-order chi connectivity index (χ0) is 16.1. The molecule has 4 nitrogen and oxygen atoms in total. The van der Waals surface area contributed by atoms with Gasteiger partial charge < -0.3 is 10.1 Å². The molecule has 116 valence electrons. The normalized spacial score (nSPS) is 10.5. The average Bonchev–Trinajstić information content (AvgIpc) is 2.61. The fourth-order valence-electron chi connectivity index (χ4n) is 2.43. The van der Waals surface area contributed by atoms with Crippen LogP contribution in [0, 0.1) is 0 Å². The monoisotopic (exact) mass is 306 g/mol. The van der Waals surface area contributed by atoms with Gasteiger partial charge in [-0.15, -0.1) is 0 Å². The molecule has 0 saturated carbocycles. The second-order valence-corrected chi connectivity index (χ2v) is 5.25. The van der Waals surface area contributed by atoms with E-state index in [0.717, 1.165) is 28.6 Å². The molecule has 4 heteroatoms. The molecule has 3 rings (SSSR count). The molecular formula is C19H18N2O2. The van der Waals surface area contributed by atoms with Crippen LogP contribution in [0.15, 0.2) is 60.7 Å². The van der Waals surface area contributed by atoms with Gasteiger partial charge in [0.05, 0.1) is 12.6 Å². The topological polar surface area (TPSA) is 51.2 Å². The van der Waals surface area contributed by atoms with Gasteiger partial charge in [-0.3, -0.25) is 4.79 Å². The number of para-hydroxylation sites is 1. The highest BCUT2D eigenvalue weighted by molar-refractivity contribution is 5.94. The number of benzene rings is 2. The zero-order valence-electron chi connectivity index (χ0n) is 13.0. The van der Waals surface area contributed by atoms with Gasteiger partial charge in [0.2, 0.25) is 0 Å². The summed E-state index contributed by atoms with van der Waals surface area (Å²) in [6.07, 6.45) is 0.747. The Bertz CT molecular complexity index is 830. The first kappa shape index (κ1) is 15.0. The lowest BCUT2D eigenvalue weighted by Gasteiger charge is -2.07. The van der Waals surface area contributed by atoms with Crippen molar-refractivity contribution in [3.63, 3.8) is 0 Å². The molecule has 0 fully saturated rings. The highest BCUT2D eigenvalue weighted by atomic mass is 16.5. The van der Waals surface area contributed by atoms with Crippen molar-refractivity contribution in [2.24, 2.45) is 0 Å². The minimum absolute atomic E-state index is 0.154. The minimum Gasteiger partial charge on any atom is -0.497 e. The molecule has 0 aliphatic carbocycles. The molecule has 3 aromatic rings. The van der Waals surface area contributed by atoms with E-state index < -0.39 is 0 Å². The van der Waals surface area contributed by atoms with Gasteiger partial charge in [0.15, 0.2) is 0 Å². The van der Waals surface area contributed by atoms with Crippen molar-refractivity contribution in [1.29, 1.82) is 0 Å². The first-order valence-electron chi connectivity index (χ1n) is 7.53. The van der Waals surface area contributed by atoms with Crippen molar-refractivity contribution in [3.8, 4) is 5.75 Å². The van der Waals surface area contributed by atoms with Crippen LogP contribution in [0.2, 0.25) is 0 Å². The fourth-order valence-corrected chi connectivity index (χ4v) is 2.43. The number of carbonyl (C=O) groups is 1. The molecule has 1 amide bonds. The van der Waals surface area contributed by atoms with Gasteiger partial charge in [-0.05, 0) is 36.2 Å². The van der Waals surface area contributed by atoms with Crippen LogP contribution in [0.1, 0.15) is 16.1 Å². The summed E-state index contributed by atoms with van der Waals surface area (Å²) in [7, 11) is 1.65. The Morgan fingerprint density at radius 1 is 1.09 bits per heavy atom. The third kappa shape index (κ3) is 3.66. The molecule has 1 heterocycles. The predicted octanol–water partition coefficient (Wildman–Crippen LogP) is 3.22. The molecule has 0 bridgehead atoms. The summed E-state index contributed by atoms with van der Waals surface area (Å²) in [5, 5.41) is 3.94. The Labute approximate surface area is 135 Å². The van der Waals surface area contributed by atoms with Gasteiger partial charge >= 0.3 is 0 Å². The molecule has 0 aliphatic heterocycles. The summed E-state index contributed by atoms with van der Waals surface area (Å²) in [5.74, 6) is 0.670. The molecule has 2 aromatic carbocycles. The van der Waals surface area contributed by atoms with Crippen LogP contribution >= 0.6 is 0 Å². The fraction of sp³-hybridized carbons (Fsp3) is 0.158. The van der Waals surface area contributed by atoms with Crippen molar-refractivity contribution in [2.75, 3.05) is 13.7 Å². The highest BCUT2D eigenvalue weighted by Gasteiger charge is 2.07. The molecule has 0 atom stereocenters. The van der Waals surface area contributed by atoms with Crippen molar-refractivity contribution in [1.82, 2.24) is 10.3 Å². The summed E-state index contributed by atoms with van der Waals surface area (Å²) >= 11 is 0. The van der Waals surface area contributed by atoms with Crippen LogP contribution in [0.3, 0.4) is 0 Å². The Morgan fingerprint density at radius 2 is 1.96 bits per heavy atom. The minimum atomic E-state index is -0.154. The Balaban J connectivity index is 1.61. The van der Waals surface area contributed by atoms with Crippen LogP contribution in [0.5, 0.6) is 5.75 Å². The van der Waals surface area contributed by atoms with E-state index in [9.17, 15) is 4.79 Å². The van der Waals surface area contributed by atoms with Gasteiger partial charge in [0, 0.05) is 11.9 Å². The van der Waals surface area contributed by atoms with Gasteiger partial charge in [-0.2, -0.15) is 0 Å². The number of amides is 1. The number of methoxy groups -OCH3 is 1. The quantitative estimate of drug-likeness (QED) is 0.787. The van der Waals surface area contributed by atoms with E-state index in [1.807, 2.05) is 54.6 Å². The van der Waals surface area contributed by atoms with Crippen molar-refractivity contribution in [2.45, 2.75) is 6.42 Å². The Kier molecular flexibility index (Phi) is 4.52. The van der Waals surface area contributed by atoms with E-state index in [0.29, 0.717) is 12.2 Å². The largest absolute Gasteiger partial charge is 0.497 e. The number of aromatic nitrogens is 1. The zero-order valence-corrected chi connectivity index (χ0v) is 13.0. The van der Waals surface area contributed by atoms with Crippen molar-refractivity contribution < 1.29 is 9.53 Å². The number of fused-ring (bicyclic) bond motifs is 1. The third-order valence-corrected chi connectivity index (χ3v) is 3.66. The first-order chi connectivity index (χ1) is 11.3. The molecule has 23 heavy (non-hydrogen) atoms. The maximum atomic E-state index is 12.2. The molecule has 0 aliphatic rings. The van der Waals surface area contributed by atoms with Crippen LogP contribution in [-0.4, -0.2) is 24.5 Å². The van der Waals surface area contributed by atoms with Gasteiger partial charge in [0.25, 0.3) is 5.91 Å². The standard InChI is InChI=1S/C19H18N2O2/c1-23-16-7-4-5-14(13-16)11-12-20-19(22)18-10-9-15-6-2-3-8-17(15)21-18/h2-10,13H,11-12H2,1H3,(H,20,22). The van der Waals surface area contributed by atoms with E-state index in [-0.39, 0.29) is 5.91 Å². The lowest BCUT2D eigenvalue weighted by Crippen LogP contribution is -2.26. The predicted molar refractivity (Wildman–Crippen MR) is 90.8 cm³/mol. The molecule has 0 unspecified atom stereocenters. The number of rotatable bonds is 5. The summed E-state index contributed by atoms with van der Waals surface area (Å²) < 4.78 is 5.20. The SMILES string of the molecule is COc1cccc(CCNC(=O)c2ccc3ccccc3n2)c1. The molecule has 0 saturated heterocycles. The number of ether oxygens (including phenoxy) is 1. The van der Waals surface area contributed by atoms with E-state index >= 15 is 0 Å². The van der Waals surface area contributed by atoms with E-state index in [2.05, 4.69) is 10.3 Å². The number of pyridine rings is 1. The number of hydrogen-bond acceptors (Lipinski definition) is 3. The van der Waals surface area contributed by atoms with E-state index in [1.165, 1.54) is 0 Å². The van der Waals surface area contributed by atoms with Crippen molar-refractivity contribution in [3.05, 3.63) is 71.9 Å². The second kappa shape index (κ2) is 6.92. The molecule has 0 spiro atoms. The van der Waals surface area contributed by atoms with Gasteiger partial charge in [-0.1, -0.05) is 36.4 Å².